The van der Waals surface area contributed by atoms with Gasteiger partial charge in [0.05, 0.1) is 16.2 Å². The van der Waals surface area contributed by atoms with Crippen LogP contribution in [0.5, 0.6) is 0 Å². The Kier molecular flexibility index (Phi) is 3.82. The van der Waals surface area contributed by atoms with Crippen molar-refractivity contribution in [3.63, 3.8) is 0 Å². The Morgan fingerprint density at radius 1 is 1.25 bits per heavy atom. The smallest absolute Gasteiger partial charge is 0.152 e. The fourth-order valence-corrected chi connectivity index (χ4v) is 4.15. The van der Waals surface area contributed by atoms with Crippen LogP contribution in [0.4, 0.5) is 11.6 Å². The molecule has 1 aromatic heterocycles. The van der Waals surface area contributed by atoms with Crippen molar-refractivity contribution in [2.75, 3.05) is 23.7 Å². The van der Waals surface area contributed by atoms with Crippen LogP contribution in [0, 0.1) is 5.41 Å². The zero-order valence-corrected chi connectivity index (χ0v) is 14.7. The maximum absolute atomic E-state index is 6.27. The van der Waals surface area contributed by atoms with Crippen LogP contribution in [0.15, 0.2) is 24.4 Å². The van der Waals surface area contributed by atoms with Crippen molar-refractivity contribution in [3.8, 4) is 11.3 Å². The molecule has 5 nitrogen and oxygen atoms in total. The molecule has 126 valence electrons. The molecule has 1 aromatic carbocycles. The summed E-state index contributed by atoms with van der Waals surface area (Å²) in [5.41, 5.74) is 13.9. The summed E-state index contributed by atoms with van der Waals surface area (Å²) in [7, 11) is 0. The summed E-state index contributed by atoms with van der Waals surface area (Å²) in [6.45, 7) is 1.87. The molecule has 7 heteroatoms. The lowest BCUT2D eigenvalue weighted by atomic mass is 9.64. The molecule has 0 amide bonds. The van der Waals surface area contributed by atoms with Crippen LogP contribution in [0.25, 0.3) is 11.3 Å². The van der Waals surface area contributed by atoms with Gasteiger partial charge in [-0.3, -0.25) is 0 Å². The summed E-state index contributed by atoms with van der Waals surface area (Å²) in [6, 6.07) is 5.70. The normalized spacial score (nSPS) is 26.0. The average Bonchev–Trinajstić information content (AvgIpc) is 3.04. The molecule has 0 radical (unpaired) electrons. The monoisotopic (exact) mass is 363 g/mol. The van der Waals surface area contributed by atoms with Crippen molar-refractivity contribution < 1.29 is 0 Å². The van der Waals surface area contributed by atoms with E-state index in [4.69, 9.17) is 34.7 Å². The Hall–Kier alpha value is -1.56. The van der Waals surface area contributed by atoms with Gasteiger partial charge in [-0.05, 0) is 25.3 Å². The third-order valence-electron chi connectivity index (χ3n) is 5.44. The molecule has 2 aliphatic rings. The first kappa shape index (κ1) is 15.9. The van der Waals surface area contributed by atoms with Gasteiger partial charge in [0.2, 0.25) is 0 Å². The first-order valence-electron chi connectivity index (χ1n) is 8.08. The van der Waals surface area contributed by atoms with Gasteiger partial charge in [-0.25, -0.2) is 9.97 Å². The molecule has 2 fully saturated rings. The van der Waals surface area contributed by atoms with Crippen molar-refractivity contribution in [2.45, 2.75) is 25.3 Å². The van der Waals surface area contributed by atoms with E-state index in [2.05, 4.69) is 14.9 Å². The minimum Gasteiger partial charge on any atom is -0.382 e. The summed E-state index contributed by atoms with van der Waals surface area (Å²) >= 11 is 12.3. The highest BCUT2D eigenvalue weighted by atomic mass is 35.5. The van der Waals surface area contributed by atoms with Gasteiger partial charge in [0.15, 0.2) is 5.82 Å². The molecule has 4 N–H and O–H groups in total. The van der Waals surface area contributed by atoms with Crippen molar-refractivity contribution >= 4 is 34.8 Å². The van der Waals surface area contributed by atoms with E-state index in [9.17, 15) is 0 Å². The summed E-state index contributed by atoms with van der Waals surface area (Å²) in [5.74, 6) is 1.15. The molecule has 1 aliphatic heterocycles. The van der Waals surface area contributed by atoms with E-state index in [-0.39, 0.29) is 5.41 Å². The van der Waals surface area contributed by atoms with Gasteiger partial charge >= 0.3 is 0 Å². The first-order valence-corrected chi connectivity index (χ1v) is 8.83. The lowest BCUT2D eigenvalue weighted by Crippen LogP contribution is -2.52. The molecule has 4 rings (SSSR count). The van der Waals surface area contributed by atoms with E-state index in [1.54, 1.807) is 12.3 Å². The molecule has 1 saturated heterocycles. The van der Waals surface area contributed by atoms with Crippen LogP contribution in [0.3, 0.4) is 0 Å². The fourth-order valence-electron chi connectivity index (χ4n) is 3.76. The number of nitrogens with zero attached hydrogens (tertiary/aromatic N) is 3. The van der Waals surface area contributed by atoms with Gasteiger partial charge in [-0.15, -0.1) is 0 Å². The second-order valence-corrected chi connectivity index (χ2v) is 7.53. The number of aromatic nitrogens is 2. The number of rotatable bonds is 2. The molecule has 2 heterocycles. The standard InChI is InChI=1S/C17H19Cl2N5/c18-11-3-1-2-10(14(11)19)15-16(21)23-13(8-22-15)24-7-6-17(9-24)5-4-12(17)20/h1-3,8,12H,4-7,9,20H2,(H2,21,23)/t12-,17+/m0/s1. The van der Waals surface area contributed by atoms with E-state index in [0.717, 1.165) is 31.7 Å². The van der Waals surface area contributed by atoms with Crippen molar-refractivity contribution in [1.29, 1.82) is 0 Å². The van der Waals surface area contributed by atoms with Crippen LogP contribution >= 0.6 is 23.2 Å². The number of nitrogen functional groups attached to an aromatic ring is 1. The predicted octanol–water partition coefficient (Wildman–Crippen LogP) is 3.35. The van der Waals surface area contributed by atoms with E-state index in [1.165, 1.54) is 6.42 Å². The third-order valence-corrected chi connectivity index (χ3v) is 6.26. The molecule has 0 unspecified atom stereocenters. The van der Waals surface area contributed by atoms with Crippen molar-refractivity contribution in [3.05, 3.63) is 34.4 Å². The molecule has 1 spiro atoms. The second kappa shape index (κ2) is 5.76. The number of halogens is 2. The minimum atomic E-state index is 0.255. The van der Waals surface area contributed by atoms with Crippen molar-refractivity contribution in [2.24, 2.45) is 11.1 Å². The van der Waals surface area contributed by atoms with Gasteiger partial charge in [0.1, 0.15) is 11.5 Å². The summed E-state index contributed by atoms with van der Waals surface area (Å²) in [6.07, 6.45) is 5.18. The molecule has 2 aromatic rings. The first-order chi connectivity index (χ1) is 11.5. The van der Waals surface area contributed by atoms with E-state index in [0.29, 0.717) is 33.2 Å². The van der Waals surface area contributed by atoms with E-state index in [1.807, 2.05) is 12.1 Å². The van der Waals surface area contributed by atoms with Gasteiger partial charge in [0.25, 0.3) is 0 Å². The number of anilines is 2. The summed E-state index contributed by atoms with van der Waals surface area (Å²) < 4.78 is 0. The molecule has 0 bridgehead atoms. The number of nitrogens with two attached hydrogens (primary N) is 2. The Morgan fingerprint density at radius 2 is 2.08 bits per heavy atom. The van der Waals surface area contributed by atoms with Crippen LogP contribution in [-0.2, 0) is 0 Å². The summed E-state index contributed by atoms with van der Waals surface area (Å²) in [5, 5.41) is 0.911. The molecular formula is C17H19Cl2N5. The lowest BCUT2D eigenvalue weighted by Gasteiger charge is -2.44. The van der Waals surface area contributed by atoms with Crippen LogP contribution in [-0.4, -0.2) is 29.1 Å². The fraction of sp³-hybridized carbons (Fsp3) is 0.412. The SMILES string of the molecule is Nc1nc(N2CC[C@]3(CC[C@@H]3N)C2)cnc1-c1cccc(Cl)c1Cl. The number of benzene rings is 1. The highest BCUT2D eigenvalue weighted by molar-refractivity contribution is 6.43. The van der Waals surface area contributed by atoms with Crippen LogP contribution in [0.1, 0.15) is 19.3 Å². The number of hydrogen-bond donors (Lipinski definition) is 2. The number of hydrogen-bond acceptors (Lipinski definition) is 5. The van der Waals surface area contributed by atoms with Crippen molar-refractivity contribution in [1.82, 2.24) is 9.97 Å². The third kappa shape index (κ3) is 2.42. The summed E-state index contributed by atoms with van der Waals surface area (Å²) in [4.78, 5) is 11.3. The Labute approximate surface area is 151 Å². The molecular weight excluding hydrogens is 345 g/mol. The maximum atomic E-state index is 6.27. The quantitative estimate of drug-likeness (QED) is 0.854. The lowest BCUT2D eigenvalue weighted by molar-refractivity contribution is 0.122. The Morgan fingerprint density at radius 3 is 2.71 bits per heavy atom. The largest absolute Gasteiger partial charge is 0.382 e. The van der Waals surface area contributed by atoms with Gasteiger partial charge in [0, 0.05) is 30.1 Å². The van der Waals surface area contributed by atoms with Crippen LogP contribution < -0.4 is 16.4 Å². The molecule has 24 heavy (non-hydrogen) atoms. The van der Waals surface area contributed by atoms with E-state index < -0.39 is 0 Å². The maximum Gasteiger partial charge on any atom is 0.152 e. The van der Waals surface area contributed by atoms with Gasteiger partial charge < -0.3 is 16.4 Å². The zero-order valence-electron chi connectivity index (χ0n) is 13.2. The molecule has 1 aliphatic carbocycles. The highest BCUT2D eigenvalue weighted by Crippen LogP contribution is 2.48. The zero-order chi connectivity index (χ0) is 16.9. The molecule has 1 saturated carbocycles. The topological polar surface area (TPSA) is 81.1 Å². The van der Waals surface area contributed by atoms with Gasteiger partial charge in [-0.1, -0.05) is 35.3 Å². The van der Waals surface area contributed by atoms with E-state index >= 15 is 0 Å². The Bertz CT molecular complexity index is 797. The Balaban J connectivity index is 1.62. The predicted molar refractivity (Wildman–Crippen MR) is 98.4 cm³/mol. The average molecular weight is 364 g/mol. The minimum absolute atomic E-state index is 0.255. The molecule has 2 atom stereocenters. The second-order valence-electron chi connectivity index (χ2n) is 6.74. The van der Waals surface area contributed by atoms with Crippen LogP contribution in [0.2, 0.25) is 10.0 Å². The highest BCUT2D eigenvalue weighted by Gasteiger charge is 2.49. The van der Waals surface area contributed by atoms with Gasteiger partial charge in [-0.2, -0.15) is 0 Å².